The van der Waals surface area contributed by atoms with Crippen LogP contribution >= 0.6 is 0 Å². The molecule has 0 amide bonds. The minimum atomic E-state index is -1.26. The van der Waals surface area contributed by atoms with Gasteiger partial charge in [-0.05, 0) is 133 Å². The lowest BCUT2D eigenvalue weighted by atomic mass is 9.80. The minimum absolute atomic E-state index is 0.187. The molecule has 0 bridgehead atoms. The second-order valence-corrected chi connectivity index (χ2v) is 21.0. The molecule has 0 aliphatic carbocycles. The summed E-state index contributed by atoms with van der Waals surface area (Å²) in [6.07, 6.45) is 2.17. The van der Waals surface area contributed by atoms with Crippen molar-refractivity contribution in [2.75, 3.05) is 0 Å². The van der Waals surface area contributed by atoms with Crippen LogP contribution in [0.4, 0.5) is 0 Å². The van der Waals surface area contributed by atoms with Gasteiger partial charge in [-0.25, -0.2) is 0 Å². The van der Waals surface area contributed by atoms with Gasteiger partial charge >= 0.3 is 11.7 Å². The Kier molecular flexibility index (Phi) is 8.32. The quantitative estimate of drug-likeness (QED) is 0.139. The molecule has 0 radical (unpaired) electrons. The summed E-state index contributed by atoms with van der Waals surface area (Å²) in [5, 5.41) is 0. The Balaban J connectivity index is 1.27. The van der Waals surface area contributed by atoms with Gasteiger partial charge in [-0.1, -0.05) is 157 Å². The van der Waals surface area contributed by atoms with Gasteiger partial charge in [-0.15, -0.1) is 9.13 Å². The van der Waals surface area contributed by atoms with E-state index in [1.807, 2.05) is 93.5 Å². The Hall–Kier alpha value is -6.26. The first-order valence-corrected chi connectivity index (χ1v) is 23.6. The van der Waals surface area contributed by atoms with Crippen molar-refractivity contribution in [1.82, 2.24) is 4.57 Å². The zero-order chi connectivity index (χ0) is 50.9. The molecule has 66 heavy (non-hydrogen) atoms. The third kappa shape index (κ3) is 6.02. The lowest BCUT2D eigenvalue weighted by Crippen LogP contribution is -2.78. The van der Waals surface area contributed by atoms with E-state index in [4.69, 9.17) is 6.11 Å². The predicted octanol–water partition coefficient (Wildman–Crippen LogP) is 15.7. The highest BCUT2D eigenvalue weighted by atomic mass is 16.5. The Morgan fingerprint density at radius 2 is 1.18 bits per heavy atom. The smallest absolute Gasteiger partial charge is 0.392 e. The van der Waals surface area contributed by atoms with Gasteiger partial charge in [0.1, 0.15) is 16.8 Å². The van der Waals surface area contributed by atoms with Crippen LogP contribution in [-0.2, 0) is 11.3 Å². The van der Waals surface area contributed by atoms with Gasteiger partial charge in [0, 0.05) is 30.1 Å². The Morgan fingerprint density at radius 3 is 1.80 bits per heavy atom. The largest absolute Gasteiger partial charge is 0.499 e. The van der Waals surface area contributed by atoms with Crippen LogP contribution in [0.25, 0.3) is 72.7 Å². The molecule has 4 nitrogen and oxygen atoms in total. The number of rotatable bonds is 8. The van der Waals surface area contributed by atoms with Crippen molar-refractivity contribution < 1.29 is 20.7 Å². The monoisotopic (exact) mass is 873 g/mol. The van der Waals surface area contributed by atoms with E-state index in [0.29, 0.717) is 11.3 Å². The molecule has 0 saturated heterocycles. The maximum atomic E-state index is 9.78. The average Bonchev–Trinajstić information content (AvgIpc) is 3.78. The van der Waals surface area contributed by atoms with Crippen molar-refractivity contribution in [3.63, 3.8) is 0 Å². The van der Waals surface area contributed by atoms with Crippen LogP contribution in [0.1, 0.15) is 165 Å². The van der Waals surface area contributed by atoms with Crippen molar-refractivity contribution in [2.45, 2.75) is 131 Å². The third-order valence-corrected chi connectivity index (χ3v) is 14.4. The molecule has 0 fully saturated rings. The van der Waals surface area contributed by atoms with E-state index in [1.54, 1.807) is 0 Å². The van der Waals surface area contributed by atoms with Crippen LogP contribution in [-0.4, -0.2) is 4.57 Å². The fourth-order valence-corrected chi connectivity index (χ4v) is 10.9. The van der Waals surface area contributed by atoms with Gasteiger partial charge in [0.15, 0.2) is 23.0 Å². The lowest BCUT2D eigenvalue weighted by Gasteiger charge is -2.34. The van der Waals surface area contributed by atoms with Gasteiger partial charge in [0.05, 0.1) is 5.56 Å². The molecule has 1 spiro atoms. The van der Waals surface area contributed by atoms with Gasteiger partial charge in [-0.3, -0.25) is 0 Å². The van der Waals surface area contributed by atoms with Crippen LogP contribution in [0, 0.1) is 0 Å². The first-order valence-electron chi connectivity index (χ1n) is 26.1. The maximum absolute atomic E-state index is 9.78. The number of aromatic nitrogens is 3. The SMILES string of the molecule is [2H]C(C)(C)c1ccc(-c2cc[n+]3c(c2)-c2cc(C(C)(C)C)cc4c2C32Oc3c(cc(C([2H])(C)C)cc3C([2H])(C)C)-c3n(-c5ccc(-c6c(C([2H])(C)C)cccc6C([2H])(C)C)cc5)c5cccc-4c5[n+]32)cc1. The van der Waals surface area contributed by atoms with Crippen LogP contribution < -0.4 is 13.9 Å². The van der Waals surface area contributed by atoms with Gasteiger partial charge < -0.3 is 4.74 Å². The summed E-state index contributed by atoms with van der Waals surface area (Å²) in [4.78, 5) is 0. The molecule has 1 unspecified atom stereocenters. The van der Waals surface area contributed by atoms with E-state index < -0.39 is 35.3 Å². The van der Waals surface area contributed by atoms with E-state index in [1.165, 1.54) is 5.56 Å². The summed E-state index contributed by atoms with van der Waals surface area (Å²) in [5.74, 6) is -4.38. The summed E-state index contributed by atoms with van der Waals surface area (Å²) in [6, 6.07) is 42.9. The zero-order valence-corrected chi connectivity index (χ0v) is 40.9. The summed E-state index contributed by atoms with van der Waals surface area (Å²) in [7, 11) is 0. The zero-order valence-electron chi connectivity index (χ0n) is 45.9. The average molecular weight is 873 g/mol. The highest BCUT2D eigenvalue weighted by molar-refractivity contribution is 5.98. The molecule has 1 atom stereocenters. The summed E-state index contributed by atoms with van der Waals surface area (Å²) < 4.78 is 61.3. The molecule has 8 aromatic rings. The number of fused-ring (bicyclic) bond motifs is 5. The molecular weight excluding hydrogens is 803 g/mol. The number of para-hydroxylation sites is 1. The normalized spacial score (nSPS) is 17.5. The molecule has 5 heterocycles. The molecule has 0 N–H and O–H groups in total. The van der Waals surface area contributed by atoms with Crippen LogP contribution in [0.2, 0.25) is 0 Å². The molecule has 0 saturated carbocycles. The molecule has 6 aromatic carbocycles. The number of hydrogen-bond donors (Lipinski definition) is 0. The number of nitrogens with zero attached hydrogens (tertiary/aromatic N) is 3. The summed E-state index contributed by atoms with van der Waals surface area (Å²) in [5.41, 5.74) is 18.3. The standard InChI is InChI=1S/C62H65N3O/c1-35(2)40-20-22-41(23-21-40)43-28-29-63-55(32-43)52-34-45(61(11,12)13)33-51-49-18-15-19-54-58(49)65-60(53-31-44(36(3)4)30-50(39(9)10)59(53)66-62(63,65)57(51)52)64(54)46-26-24-42(25-27-46)56-47(37(5)6)16-14-17-48(56)38(7)8/h14-39H,1-13H3/q+2/i35D,36D,37D,38D,39D. The van der Waals surface area contributed by atoms with E-state index in [2.05, 4.69) is 138 Å². The van der Waals surface area contributed by atoms with Gasteiger partial charge in [0.25, 0.3) is 0 Å². The van der Waals surface area contributed by atoms with E-state index in [-0.39, 0.29) is 5.41 Å². The Labute approximate surface area is 399 Å². The number of pyridine rings is 1. The van der Waals surface area contributed by atoms with Gasteiger partial charge in [-0.2, -0.15) is 4.57 Å². The highest BCUT2D eigenvalue weighted by Crippen LogP contribution is 2.56. The number of imidazole rings is 1. The molecule has 2 aromatic heterocycles. The topological polar surface area (TPSA) is 21.9 Å². The molecule has 332 valence electrons. The lowest BCUT2D eigenvalue weighted by molar-refractivity contribution is -0.997. The molecule has 3 aliphatic heterocycles. The number of ether oxygens (including phenoxy) is 1. The van der Waals surface area contributed by atoms with E-state index >= 15 is 0 Å². The number of benzene rings is 6. The highest BCUT2D eigenvalue weighted by Gasteiger charge is 2.69. The van der Waals surface area contributed by atoms with Crippen LogP contribution in [0.5, 0.6) is 5.75 Å². The molecule has 11 rings (SSSR count). The first-order chi connectivity index (χ1) is 33.0. The maximum Gasteiger partial charge on any atom is 0.499 e. The first kappa shape index (κ1) is 36.9. The van der Waals surface area contributed by atoms with E-state index in [9.17, 15) is 5.48 Å². The van der Waals surface area contributed by atoms with Crippen molar-refractivity contribution in [1.29, 1.82) is 0 Å². The van der Waals surface area contributed by atoms with Crippen molar-refractivity contribution in [3.05, 3.63) is 166 Å². The number of hydrogen-bond acceptors (Lipinski definition) is 1. The summed E-state index contributed by atoms with van der Waals surface area (Å²) >= 11 is 0. The second-order valence-electron chi connectivity index (χ2n) is 21.0. The molecule has 4 heteroatoms. The van der Waals surface area contributed by atoms with Crippen LogP contribution in [0.3, 0.4) is 0 Å². The van der Waals surface area contributed by atoms with Crippen LogP contribution in [0.15, 0.2) is 128 Å². The molecular formula is C62H65N3O+2. The van der Waals surface area contributed by atoms with Crippen molar-refractivity contribution in [3.8, 4) is 67.5 Å². The van der Waals surface area contributed by atoms with Crippen molar-refractivity contribution >= 4 is 11.0 Å². The minimum Gasteiger partial charge on any atom is -0.392 e. The predicted molar refractivity (Wildman–Crippen MR) is 273 cm³/mol. The summed E-state index contributed by atoms with van der Waals surface area (Å²) in [6.45, 7) is 25.9. The van der Waals surface area contributed by atoms with Gasteiger partial charge in [0.2, 0.25) is 5.69 Å². The second kappa shape index (κ2) is 14.9. The van der Waals surface area contributed by atoms with E-state index in [0.717, 1.165) is 101 Å². The fourth-order valence-electron chi connectivity index (χ4n) is 10.9. The Morgan fingerprint density at radius 1 is 0.561 bits per heavy atom. The van der Waals surface area contributed by atoms with Crippen molar-refractivity contribution in [2.24, 2.45) is 0 Å². The third-order valence-electron chi connectivity index (χ3n) is 14.4. The molecule has 3 aliphatic rings. The Bertz CT molecular complexity index is 3510. The fraction of sp³-hybridized carbons (Fsp3) is 0.323.